The van der Waals surface area contributed by atoms with Crippen LogP contribution < -0.4 is 10.0 Å². The van der Waals surface area contributed by atoms with Crippen LogP contribution in [0.2, 0.25) is 0 Å². The topological polar surface area (TPSA) is 88.2 Å². The molecule has 0 bridgehead atoms. The van der Waals surface area contributed by atoms with Gasteiger partial charge in [0.15, 0.2) is 0 Å². The van der Waals surface area contributed by atoms with Crippen LogP contribution in [0.1, 0.15) is 30.7 Å². The molecule has 25 heavy (non-hydrogen) atoms. The third kappa shape index (κ3) is 5.91. The van der Waals surface area contributed by atoms with E-state index in [0.717, 1.165) is 10.4 Å². The molecule has 2 aromatic rings. The molecule has 0 radical (unpaired) electrons. The van der Waals surface area contributed by atoms with E-state index in [2.05, 4.69) is 15.0 Å². The molecule has 0 saturated carbocycles. The molecule has 0 aliphatic heterocycles. The van der Waals surface area contributed by atoms with Crippen LogP contribution in [-0.2, 0) is 21.4 Å². The van der Waals surface area contributed by atoms with E-state index in [1.54, 1.807) is 30.6 Å². The number of nitrogens with zero attached hydrogens (tertiary/aromatic N) is 1. The molecule has 0 spiro atoms. The second-order valence-electron chi connectivity index (χ2n) is 6.25. The van der Waals surface area contributed by atoms with Crippen LogP contribution in [0.5, 0.6) is 0 Å². The van der Waals surface area contributed by atoms with Gasteiger partial charge in [-0.3, -0.25) is 9.78 Å². The zero-order valence-corrected chi connectivity index (χ0v) is 16.2. The molecule has 0 aromatic carbocycles. The Hall–Kier alpha value is -1.77. The predicted molar refractivity (Wildman–Crippen MR) is 98.7 cm³/mol. The number of pyridine rings is 1. The average Bonchev–Trinajstić information content (AvgIpc) is 3.00. The molecule has 0 aliphatic carbocycles. The van der Waals surface area contributed by atoms with Crippen LogP contribution in [0.15, 0.2) is 40.9 Å². The van der Waals surface area contributed by atoms with Gasteiger partial charge in [-0.05, 0) is 43.0 Å². The quantitative estimate of drug-likeness (QED) is 0.735. The molecule has 0 saturated heterocycles. The molecule has 0 fully saturated rings. The number of aromatic nitrogens is 1. The van der Waals surface area contributed by atoms with Crippen LogP contribution in [0, 0.1) is 12.8 Å². The van der Waals surface area contributed by atoms with Gasteiger partial charge >= 0.3 is 0 Å². The molecule has 0 unspecified atom stereocenters. The van der Waals surface area contributed by atoms with Gasteiger partial charge in [-0.15, -0.1) is 11.3 Å². The summed E-state index contributed by atoms with van der Waals surface area (Å²) in [5.74, 6) is -0.170. The Balaban J connectivity index is 2.08. The van der Waals surface area contributed by atoms with Gasteiger partial charge in [0.1, 0.15) is 10.3 Å². The summed E-state index contributed by atoms with van der Waals surface area (Å²) in [7, 11) is -3.72. The summed E-state index contributed by atoms with van der Waals surface area (Å²) in [5, 5.41) is 2.78. The molecule has 0 aliphatic rings. The first-order valence-electron chi connectivity index (χ1n) is 8.03. The summed E-state index contributed by atoms with van der Waals surface area (Å²) in [6, 6.07) is 6.13. The third-order valence-corrected chi connectivity index (χ3v) is 6.46. The molecule has 136 valence electrons. The second-order valence-corrected chi connectivity index (χ2v) is 9.48. The summed E-state index contributed by atoms with van der Waals surface area (Å²) in [4.78, 5) is 17.4. The molecule has 2 N–H and O–H groups in total. The van der Waals surface area contributed by atoms with Crippen molar-refractivity contribution >= 4 is 27.3 Å². The zero-order chi connectivity index (χ0) is 18.4. The molecule has 8 heteroatoms. The van der Waals surface area contributed by atoms with E-state index in [0.29, 0.717) is 13.0 Å². The first kappa shape index (κ1) is 19.6. The summed E-state index contributed by atoms with van der Waals surface area (Å²) in [6.45, 7) is 6.05. The van der Waals surface area contributed by atoms with Gasteiger partial charge in [-0.25, -0.2) is 8.42 Å². The van der Waals surface area contributed by atoms with E-state index >= 15 is 0 Å². The Morgan fingerprint density at radius 2 is 2.04 bits per heavy atom. The summed E-state index contributed by atoms with van der Waals surface area (Å²) < 4.78 is 27.8. The highest BCUT2D eigenvalue weighted by Crippen LogP contribution is 2.21. The van der Waals surface area contributed by atoms with Crippen molar-refractivity contribution in [3.8, 4) is 0 Å². The van der Waals surface area contributed by atoms with Gasteiger partial charge < -0.3 is 5.32 Å². The standard InChI is InChI=1S/C17H23N3O3S2/c1-12(2)9-15(17(21)19-11-14-5-4-8-18-10-14)20-25(22,23)16-7-6-13(3)24-16/h4-8,10,12,15,20H,9,11H2,1-3H3,(H,19,21)/t15-/m0/s1. The third-order valence-electron chi connectivity index (χ3n) is 3.49. The monoisotopic (exact) mass is 381 g/mol. The van der Waals surface area contributed by atoms with Crippen molar-refractivity contribution < 1.29 is 13.2 Å². The lowest BCUT2D eigenvalue weighted by Crippen LogP contribution is -2.47. The number of carbonyl (C=O) groups excluding carboxylic acids is 1. The Morgan fingerprint density at radius 1 is 1.28 bits per heavy atom. The maximum atomic E-state index is 12.5. The van der Waals surface area contributed by atoms with Crippen LogP contribution in [0.4, 0.5) is 0 Å². The van der Waals surface area contributed by atoms with Crippen LogP contribution in [0.25, 0.3) is 0 Å². The molecule has 2 rings (SSSR count). The van der Waals surface area contributed by atoms with Crippen molar-refractivity contribution in [2.45, 2.75) is 44.0 Å². The fourth-order valence-corrected chi connectivity index (χ4v) is 4.81. The molecular formula is C17H23N3O3S2. The fraction of sp³-hybridized carbons (Fsp3) is 0.412. The number of hydrogen-bond acceptors (Lipinski definition) is 5. The lowest BCUT2D eigenvalue weighted by Gasteiger charge is -2.19. The average molecular weight is 382 g/mol. The van der Waals surface area contributed by atoms with Gasteiger partial charge in [-0.1, -0.05) is 19.9 Å². The number of thiophene rings is 1. The van der Waals surface area contributed by atoms with Crippen molar-refractivity contribution in [2.75, 3.05) is 0 Å². The van der Waals surface area contributed by atoms with Crippen molar-refractivity contribution in [2.24, 2.45) is 5.92 Å². The Morgan fingerprint density at radius 3 is 2.60 bits per heavy atom. The predicted octanol–water partition coefficient (Wildman–Crippen LogP) is 2.46. The summed E-state index contributed by atoms with van der Waals surface area (Å²) >= 11 is 1.19. The van der Waals surface area contributed by atoms with E-state index < -0.39 is 16.1 Å². The van der Waals surface area contributed by atoms with Crippen LogP contribution in [-0.4, -0.2) is 25.4 Å². The zero-order valence-electron chi connectivity index (χ0n) is 14.5. The molecule has 2 heterocycles. The number of nitrogens with one attached hydrogen (secondary N) is 2. The van der Waals surface area contributed by atoms with Gasteiger partial charge in [0.25, 0.3) is 10.0 Å². The largest absolute Gasteiger partial charge is 0.351 e. The summed E-state index contributed by atoms with van der Waals surface area (Å²) in [6.07, 6.45) is 3.74. The minimum Gasteiger partial charge on any atom is -0.351 e. The SMILES string of the molecule is Cc1ccc(S(=O)(=O)N[C@@H](CC(C)C)C(=O)NCc2cccnc2)s1. The number of amides is 1. The summed E-state index contributed by atoms with van der Waals surface area (Å²) in [5.41, 5.74) is 0.857. The van der Waals surface area contributed by atoms with E-state index in [-0.39, 0.29) is 16.0 Å². The van der Waals surface area contributed by atoms with Gasteiger partial charge in [-0.2, -0.15) is 4.72 Å². The van der Waals surface area contributed by atoms with Gasteiger partial charge in [0.2, 0.25) is 5.91 Å². The lowest BCUT2D eigenvalue weighted by molar-refractivity contribution is -0.123. The molecule has 6 nitrogen and oxygen atoms in total. The van der Waals surface area contributed by atoms with Gasteiger partial charge in [0, 0.05) is 23.8 Å². The number of rotatable bonds is 8. The Bertz CT molecular complexity index is 802. The van der Waals surface area contributed by atoms with E-state index in [4.69, 9.17) is 0 Å². The fourth-order valence-electron chi connectivity index (χ4n) is 2.30. The van der Waals surface area contributed by atoms with Crippen molar-refractivity contribution in [3.63, 3.8) is 0 Å². The number of carbonyl (C=O) groups is 1. The van der Waals surface area contributed by atoms with Crippen molar-refractivity contribution in [1.82, 2.24) is 15.0 Å². The Labute approximate surface area is 152 Å². The minimum atomic E-state index is -3.72. The number of hydrogen-bond donors (Lipinski definition) is 2. The first-order valence-corrected chi connectivity index (χ1v) is 10.3. The number of aryl methyl sites for hydroxylation is 1. The second kappa shape index (κ2) is 8.55. The van der Waals surface area contributed by atoms with E-state index in [9.17, 15) is 13.2 Å². The van der Waals surface area contributed by atoms with E-state index in [1.807, 2.05) is 26.8 Å². The molecular weight excluding hydrogens is 358 g/mol. The highest BCUT2D eigenvalue weighted by molar-refractivity contribution is 7.91. The number of sulfonamides is 1. The van der Waals surface area contributed by atoms with E-state index in [1.165, 1.54) is 11.3 Å². The Kier molecular flexibility index (Phi) is 6.69. The highest BCUT2D eigenvalue weighted by Gasteiger charge is 2.27. The lowest BCUT2D eigenvalue weighted by atomic mass is 10.0. The minimum absolute atomic E-state index is 0.168. The maximum Gasteiger partial charge on any atom is 0.250 e. The normalized spacial score (nSPS) is 13.0. The maximum absolute atomic E-state index is 12.5. The van der Waals surface area contributed by atoms with Crippen LogP contribution >= 0.6 is 11.3 Å². The molecule has 2 aromatic heterocycles. The first-order chi connectivity index (χ1) is 11.8. The van der Waals surface area contributed by atoms with Gasteiger partial charge in [0.05, 0.1) is 0 Å². The highest BCUT2D eigenvalue weighted by atomic mass is 32.2. The smallest absolute Gasteiger partial charge is 0.250 e. The van der Waals surface area contributed by atoms with Crippen LogP contribution in [0.3, 0.4) is 0 Å². The molecule has 1 atom stereocenters. The van der Waals surface area contributed by atoms with Crippen molar-refractivity contribution in [1.29, 1.82) is 0 Å². The molecule has 1 amide bonds. The van der Waals surface area contributed by atoms with Crippen molar-refractivity contribution in [3.05, 3.63) is 47.1 Å².